The quantitative estimate of drug-likeness (QED) is 0.132. The van der Waals surface area contributed by atoms with Crippen LogP contribution in [0.3, 0.4) is 0 Å². The molecule has 6 aromatic carbocycles. The molecule has 1 heterocycles. The first-order valence-corrected chi connectivity index (χ1v) is 20.6. The van der Waals surface area contributed by atoms with Crippen LogP contribution in [0.2, 0.25) is 0 Å². The molecule has 0 saturated heterocycles. The average molecular weight is 651 g/mol. The molecule has 0 amide bonds. The van der Waals surface area contributed by atoms with E-state index in [0.29, 0.717) is 0 Å². The Bertz CT molecular complexity index is 1680. The van der Waals surface area contributed by atoms with E-state index in [2.05, 4.69) is 135 Å². The minimum atomic E-state index is -0.826. The summed E-state index contributed by atoms with van der Waals surface area (Å²) < 4.78 is 0. The third-order valence-corrected chi connectivity index (χ3v) is 8.55. The molecule has 7 rings (SSSR count). The maximum Gasteiger partial charge on any atom is 0.0920 e. The van der Waals surface area contributed by atoms with Gasteiger partial charge in [0.15, 0.2) is 0 Å². The van der Waals surface area contributed by atoms with Gasteiger partial charge in [0.2, 0.25) is 0 Å². The molecule has 0 fully saturated rings. The normalized spacial score (nSPS) is 10.9. The van der Waals surface area contributed by atoms with Gasteiger partial charge < -0.3 is 0 Å². The molecule has 0 atom stereocenters. The third kappa shape index (κ3) is 6.32. The van der Waals surface area contributed by atoms with E-state index in [-0.39, 0.29) is 0 Å². The van der Waals surface area contributed by atoms with Crippen LogP contribution in [-0.4, -0.2) is 9.52 Å². The first-order valence-electron chi connectivity index (χ1n) is 13.3. The summed E-state index contributed by atoms with van der Waals surface area (Å²) in [5.41, 5.74) is 10.8. The summed E-state index contributed by atoms with van der Waals surface area (Å²) in [6, 6.07) is 46.8. The van der Waals surface area contributed by atoms with Gasteiger partial charge in [-0.1, -0.05) is 108 Å². The molecule has 0 unspecified atom stereocenters. The van der Waals surface area contributed by atoms with E-state index < -0.39 is 20.8 Å². The topological polar surface area (TPSA) is 0 Å². The van der Waals surface area contributed by atoms with Gasteiger partial charge in [-0.15, -0.1) is 40.1 Å². The van der Waals surface area contributed by atoms with Crippen molar-refractivity contribution in [3.05, 3.63) is 139 Å². The Hall–Kier alpha value is -2.61. The Morgan fingerprint density at radius 3 is 2.15 bits per heavy atom. The molecule has 0 spiro atoms. The Morgan fingerprint density at radius 1 is 0.750 bits per heavy atom. The second kappa shape index (κ2) is 13.8. The summed E-state index contributed by atoms with van der Waals surface area (Å²) in [6.07, 6.45) is 1.08. The summed E-state index contributed by atoms with van der Waals surface area (Å²) in [5.74, 6) is 0. The number of rotatable bonds is 3. The van der Waals surface area contributed by atoms with Gasteiger partial charge in [-0.3, -0.25) is 0 Å². The van der Waals surface area contributed by atoms with Crippen molar-refractivity contribution in [3.63, 3.8) is 0 Å². The summed E-state index contributed by atoms with van der Waals surface area (Å²) >= 11 is -0.826. The minimum Gasteiger partial charge on any atom is -0.184 e. The molecule has 4 heteroatoms. The van der Waals surface area contributed by atoms with Gasteiger partial charge in [0, 0.05) is 0 Å². The molecule has 0 nitrogen and oxygen atoms in total. The molecule has 0 aromatic heterocycles. The van der Waals surface area contributed by atoms with Gasteiger partial charge in [-0.2, -0.15) is 35.5 Å². The summed E-state index contributed by atoms with van der Waals surface area (Å²) in [7, 11) is 10.7. The Morgan fingerprint density at radius 2 is 1.40 bits per heavy atom. The number of halogens is 2. The molecule has 6 aromatic rings. The van der Waals surface area contributed by atoms with Gasteiger partial charge in [-0.25, -0.2) is 0 Å². The molecule has 0 N–H and O–H groups in total. The van der Waals surface area contributed by atoms with Crippen LogP contribution in [0.1, 0.15) is 18.1 Å². The first kappa shape index (κ1) is 28.9. The largest absolute Gasteiger partial charge is 0.184 e. The predicted octanol–water partition coefficient (Wildman–Crippen LogP) is 9.26. The molecule has 2 radical (unpaired) electrons. The van der Waals surface area contributed by atoms with Crippen LogP contribution in [0.4, 0.5) is 0 Å². The maximum absolute atomic E-state index is 4.93. The predicted molar refractivity (Wildman–Crippen MR) is 172 cm³/mol. The van der Waals surface area contributed by atoms with Crippen molar-refractivity contribution in [2.24, 2.45) is 0 Å². The number of hydrogen-bond donors (Lipinski definition) is 0. The van der Waals surface area contributed by atoms with Crippen LogP contribution in [0.15, 0.2) is 121 Å². The average Bonchev–Trinajstić information content (AvgIpc) is 3.60. The van der Waals surface area contributed by atoms with E-state index in [1.165, 1.54) is 65.7 Å². The van der Waals surface area contributed by atoms with Crippen molar-refractivity contribution in [2.75, 3.05) is 0 Å². The number of hydrogen-bond acceptors (Lipinski definition) is 0. The Balaban J connectivity index is 0.000000168. The zero-order valence-electron chi connectivity index (χ0n) is 22.5. The van der Waals surface area contributed by atoms with Crippen molar-refractivity contribution in [1.82, 2.24) is 0 Å². The fourth-order valence-electron chi connectivity index (χ4n) is 5.31. The second-order valence-electron chi connectivity index (χ2n) is 9.59. The third-order valence-electron chi connectivity index (χ3n) is 7.18. The van der Waals surface area contributed by atoms with Crippen molar-refractivity contribution in [3.8, 4) is 33.4 Å². The fraction of sp³-hybridized carbons (Fsp3) is 0.0833. The molecule has 1 aliphatic heterocycles. The van der Waals surface area contributed by atoms with E-state index in [9.17, 15) is 0 Å². The fourth-order valence-corrected chi connectivity index (χ4v) is 6.62. The SMILES string of the molecule is CCc1cc2c(-c3ccccc3-c3ccccc3)c(C)ccc2[cH-]1.[Cl][Zr+2][Cl].[c-]1cccc2c1[Si]c1ccccc1-2. The van der Waals surface area contributed by atoms with Crippen molar-refractivity contribution >= 4 is 47.7 Å². The summed E-state index contributed by atoms with van der Waals surface area (Å²) in [4.78, 5) is 0. The van der Waals surface area contributed by atoms with Crippen LogP contribution < -0.4 is 10.4 Å². The van der Waals surface area contributed by atoms with E-state index in [4.69, 9.17) is 17.0 Å². The molecule has 0 saturated carbocycles. The molecule has 40 heavy (non-hydrogen) atoms. The van der Waals surface area contributed by atoms with Gasteiger partial charge >= 0.3 is 37.9 Å². The Kier molecular flexibility index (Phi) is 10.00. The van der Waals surface area contributed by atoms with Crippen molar-refractivity contribution < 1.29 is 20.8 Å². The smallest absolute Gasteiger partial charge is 0.0920 e. The van der Waals surface area contributed by atoms with Crippen LogP contribution in [0.5, 0.6) is 0 Å². The molecule has 194 valence electrons. The molecule has 0 aliphatic carbocycles. The van der Waals surface area contributed by atoms with E-state index in [1.807, 2.05) is 6.07 Å². The molecular weight excluding hydrogens is 623 g/mol. The zero-order valence-corrected chi connectivity index (χ0v) is 27.5. The van der Waals surface area contributed by atoms with E-state index in [0.717, 1.165) is 15.9 Å². The van der Waals surface area contributed by atoms with E-state index in [1.54, 1.807) is 0 Å². The van der Waals surface area contributed by atoms with Crippen molar-refractivity contribution in [1.29, 1.82) is 0 Å². The Labute approximate surface area is 258 Å². The van der Waals surface area contributed by atoms with Gasteiger partial charge in [0.1, 0.15) is 0 Å². The number of benzene rings is 5. The summed E-state index contributed by atoms with van der Waals surface area (Å²) in [6.45, 7) is 4.44. The standard InChI is InChI=1S/C24H21.C12H7Si.2ClH.Zr/c1-3-18-15-20-14-13-17(2)24(23(20)16-18)22-12-8-7-11-21(22)19-9-5-4-6-10-19;1-3-7-11-9(5-1)10-6-2-4-8-12(10)13-11;;;/h4-16H,3H2,1-2H3;1-7H;2*1H;/q2*-1;;;+4/p-2. The number of fused-ring (bicyclic) bond motifs is 4. The van der Waals surface area contributed by atoms with Crippen LogP contribution in [-0.2, 0) is 27.3 Å². The first-order chi connectivity index (χ1) is 19.6. The number of aryl methyl sites for hydroxylation is 2. The van der Waals surface area contributed by atoms with Gasteiger partial charge in [-0.05, 0) is 30.0 Å². The molecule has 1 aliphatic rings. The van der Waals surface area contributed by atoms with Gasteiger partial charge in [0.25, 0.3) is 0 Å². The van der Waals surface area contributed by atoms with Crippen LogP contribution >= 0.6 is 17.0 Å². The van der Waals surface area contributed by atoms with E-state index >= 15 is 0 Å². The second-order valence-corrected chi connectivity index (χ2v) is 14.6. The monoisotopic (exact) mass is 648 g/mol. The molecule has 0 bridgehead atoms. The maximum atomic E-state index is 4.93. The van der Waals surface area contributed by atoms with Crippen molar-refractivity contribution in [2.45, 2.75) is 20.3 Å². The zero-order chi connectivity index (χ0) is 27.9. The minimum absolute atomic E-state index is 0.795. The van der Waals surface area contributed by atoms with Crippen LogP contribution in [0, 0.1) is 13.0 Å². The van der Waals surface area contributed by atoms with Gasteiger partial charge in [0.05, 0.1) is 9.52 Å². The van der Waals surface area contributed by atoms with Crippen LogP contribution in [0.25, 0.3) is 44.2 Å². The molecular formula is C36H28Cl2SiZr. The summed E-state index contributed by atoms with van der Waals surface area (Å²) in [5, 5.41) is 5.54.